The number of likely N-dealkylation sites (tertiary alicyclic amines) is 1. The molecular weight excluding hydrogens is 350 g/mol. The van der Waals surface area contributed by atoms with Crippen molar-refractivity contribution >= 4 is 5.91 Å². The lowest BCUT2D eigenvalue weighted by atomic mass is 9.62. The third kappa shape index (κ3) is 2.77. The Labute approximate surface area is 167 Å². The zero-order valence-electron chi connectivity index (χ0n) is 16.6. The molecule has 0 spiro atoms. The van der Waals surface area contributed by atoms with Crippen molar-refractivity contribution < 1.29 is 9.53 Å². The third-order valence-corrected chi connectivity index (χ3v) is 7.71. The van der Waals surface area contributed by atoms with E-state index >= 15 is 0 Å². The van der Waals surface area contributed by atoms with Gasteiger partial charge in [-0.15, -0.1) is 0 Å². The summed E-state index contributed by atoms with van der Waals surface area (Å²) in [4.78, 5) is 18.5. The summed E-state index contributed by atoms with van der Waals surface area (Å²) in [5.74, 6) is 9.20. The van der Waals surface area contributed by atoms with Crippen LogP contribution >= 0.6 is 0 Å². The van der Waals surface area contributed by atoms with Crippen molar-refractivity contribution in [2.75, 3.05) is 26.7 Å². The van der Waals surface area contributed by atoms with Crippen molar-refractivity contribution in [2.24, 2.45) is 35.3 Å². The van der Waals surface area contributed by atoms with Gasteiger partial charge in [-0.3, -0.25) is 9.78 Å². The fourth-order valence-corrected chi connectivity index (χ4v) is 6.50. The van der Waals surface area contributed by atoms with E-state index in [0.29, 0.717) is 29.4 Å². The number of fused-ring (bicyclic) bond motifs is 3. The second-order valence-electron chi connectivity index (χ2n) is 9.17. The molecule has 5 heteroatoms. The van der Waals surface area contributed by atoms with Crippen molar-refractivity contribution in [1.29, 1.82) is 0 Å². The Balaban J connectivity index is 1.38. The van der Waals surface area contributed by atoms with E-state index < -0.39 is 5.91 Å². The number of carbonyl (C=O) groups excluding carboxylic acids is 1. The lowest BCUT2D eigenvalue weighted by molar-refractivity contribution is -0.170. The van der Waals surface area contributed by atoms with Crippen LogP contribution in [0.3, 0.4) is 0 Å². The molecule has 2 N–H and O–H groups in total. The van der Waals surface area contributed by atoms with E-state index in [1.165, 1.54) is 25.8 Å². The molecule has 1 saturated heterocycles. The van der Waals surface area contributed by atoms with Crippen molar-refractivity contribution in [3.05, 3.63) is 29.6 Å². The van der Waals surface area contributed by atoms with E-state index in [9.17, 15) is 4.79 Å². The van der Waals surface area contributed by atoms with Crippen molar-refractivity contribution in [3.63, 3.8) is 0 Å². The minimum atomic E-state index is -0.478. The normalized spacial score (nSPS) is 38.8. The summed E-state index contributed by atoms with van der Waals surface area (Å²) in [7, 11) is 1.83. The molecule has 148 valence electrons. The number of ether oxygens (including phenoxy) is 1. The number of hydrogen-bond acceptors (Lipinski definition) is 4. The Morgan fingerprint density at radius 2 is 1.96 bits per heavy atom. The van der Waals surface area contributed by atoms with Gasteiger partial charge in [0.05, 0.1) is 0 Å². The first-order valence-electron chi connectivity index (χ1n) is 10.6. The number of hydrogen-bond donors (Lipinski definition) is 1. The number of aromatic nitrogens is 1. The molecule has 1 aromatic rings. The van der Waals surface area contributed by atoms with Gasteiger partial charge in [-0.2, -0.15) is 0 Å². The number of amides is 1. The average Bonchev–Trinajstić information content (AvgIpc) is 2.95. The molecule has 2 saturated carbocycles. The second-order valence-corrected chi connectivity index (χ2v) is 9.17. The lowest BCUT2D eigenvalue weighted by Crippen LogP contribution is -2.59. The number of carbonyl (C=O) groups is 1. The highest BCUT2D eigenvalue weighted by atomic mass is 16.5. The smallest absolute Gasteiger partial charge is 0.267 e. The minimum absolute atomic E-state index is 0.329. The van der Waals surface area contributed by atoms with Gasteiger partial charge < -0.3 is 15.4 Å². The van der Waals surface area contributed by atoms with Crippen molar-refractivity contribution in [3.8, 4) is 11.8 Å². The third-order valence-electron chi connectivity index (χ3n) is 7.71. The second kappa shape index (κ2) is 6.86. The summed E-state index contributed by atoms with van der Waals surface area (Å²) in [6.07, 6.45) is 7.84. The maximum absolute atomic E-state index is 11.7. The molecule has 5 rings (SSSR count). The van der Waals surface area contributed by atoms with Gasteiger partial charge in [-0.05, 0) is 49.3 Å². The van der Waals surface area contributed by atoms with Crippen LogP contribution in [0.2, 0.25) is 0 Å². The van der Waals surface area contributed by atoms with E-state index in [2.05, 4.69) is 21.7 Å². The highest BCUT2D eigenvalue weighted by Gasteiger charge is 2.53. The van der Waals surface area contributed by atoms with E-state index in [1.807, 2.05) is 19.2 Å². The maximum atomic E-state index is 11.7. The predicted octanol–water partition coefficient (Wildman–Crippen LogP) is 2.41. The Morgan fingerprint density at radius 3 is 2.54 bits per heavy atom. The molecule has 1 aliphatic heterocycles. The van der Waals surface area contributed by atoms with Gasteiger partial charge in [0.2, 0.25) is 0 Å². The highest BCUT2D eigenvalue weighted by molar-refractivity contribution is 5.90. The first-order chi connectivity index (χ1) is 13.6. The Kier molecular flexibility index (Phi) is 4.45. The molecule has 1 aromatic heterocycles. The number of primary amides is 1. The largest absolute Gasteiger partial charge is 0.373 e. The minimum Gasteiger partial charge on any atom is -0.373 e. The van der Waals surface area contributed by atoms with Crippen LogP contribution in [0.5, 0.6) is 0 Å². The van der Waals surface area contributed by atoms with Gasteiger partial charge in [0.15, 0.2) is 0 Å². The Hall–Kier alpha value is -1.90. The summed E-state index contributed by atoms with van der Waals surface area (Å²) in [5.41, 5.74) is 6.56. The monoisotopic (exact) mass is 379 g/mol. The zero-order valence-corrected chi connectivity index (χ0v) is 16.6. The van der Waals surface area contributed by atoms with Gasteiger partial charge in [0, 0.05) is 56.6 Å². The van der Waals surface area contributed by atoms with Crippen LogP contribution in [0.1, 0.15) is 48.2 Å². The molecule has 0 radical (unpaired) electrons. The number of rotatable bonds is 5. The lowest BCUT2D eigenvalue weighted by Gasteiger charge is -2.55. The first kappa shape index (κ1) is 18.1. The quantitative estimate of drug-likeness (QED) is 0.798. The molecule has 1 amide bonds. The fraction of sp³-hybridized carbons (Fsp3) is 0.652. The van der Waals surface area contributed by atoms with Gasteiger partial charge in [-0.1, -0.05) is 18.3 Å². The van der Waals surface area contributed by atoms with Crippen LogP contribution in [-0.4, -0.2) is 42.5 Å². The van der Waals surface area contributed by atoms with E-state index in [4.69, 9.17) is 10.5 Å². The van der Waals surface area contributed by atoms with E-state index in [0.717, 1.165) is 37.4 Å². The zero-order chi connectivity index (χ0) is 19.3. The Morgan fingerprint density at radius 1 is 1.29 bits per heavy atom. The number of piperidine rings is 1. The van der Waals surface area contributed by atoms with E-state index in [1.54, 1.807) is 6.20 Å². The molecule has 0 aromatic carbocycles. The number of methoxy groups -OCH3 is 1. The average molecular weight is 380 g/mol. The molecule has 3 unspecified atom stereocenters. The summed E-state index contributed by atoms with van der Waals surface area (Å²) >= 11 is 0. The molecule has 2 heterocycles. The van der Waals surface area contributed by atoms with Crippen LogP contribution in [0.15, 0.2) is 18.3 Å². The van der Waals surface area contributed by atoms with Crippen LogP contribution in [0.4, 0.5) is 0 Å². The molecule has 3 fully saturated rings. The van der Waals surface area contributed by atoms with Gasteiger partial charge >= 0.3 is 0 Å². The first-order valence-corrected chi connectivity index (χ1v) is 10.6. The molecule has 28 heavy (non-hydrogen) atoms. The summed E-state index contributed by atoms with van der Waals surface area (Å²) < 4.78 is 6.30. The van der Waals surface area contributed by atoms with Crippen LogP contribution in [-0.2, 0) is 10.3 Å². The molecule has 3 aliphatic carbocycles. The maximum Gasteiger partial charge on any atom is 0.267 e. The van der Waals surface area contributed by atoms with E-state index in [-0.39, 0.29) is 5.60 Å². The standard InChI is InChI=1S/C23H29N3O2/c1-28-23(18-7-8-25-21(11-18)22(24)27)19-3-2-4-20(23)14-26(13-19)12-15-9-16-5-6-17(16)10-15/h7-8,11,15-17,19-20H,2-4,9-10,12-14H2,1H3,(H2,24,27)/t15?,16-,17+,19?,20?,23?. The van der Waals surface area contributed by atoms with Crippen LogP contribution < -0.4 is 5.73 Å². The molecule has 5 nitrogen and oxygen atoms in total. The summed E-state index contributed by atoms with van der Waals surface area (Å²) in [5, 5.41) is 0. The molecular formula is C23H29N3O2. The number of nitrogens with zero attached hydrogens (tertiary/aromatic N) is 2. The van der Waals surface area contributed by atoms with Crippen LogP contribution in [0, 0.1) is 41.4 Å². The van der Waals surface area contributed by atoms with Gasteiger partial charge in [0.25, 0.3) is 5.91 Å². The van der Waals surface area contributed by atoms with Gasteiger partial charge in [0.1, 0.15) is 11.3 Å². The topological polar surface area (TPSA) is 68.5 Å². The highest BCUT2D eigenvalue weighted by Crippen LogP contribution is 2.52. The fourth-order valence-electron chi connectivity index (χ4n) is 6.50. The summed E-state index contributed by atoms with van der Waals surface area (Å²) in [6.45, 7) is 3.31. The number of pyridine rings is 1. The number of nitrogens with two attached hydrogens (primary N) is 1. The van der Waals surface area contributed by atoms with Crippen LogP contribution in [0.25, 0.3) is 0 Å². The van der Waals surface area contributed by atoms with Crippen molar-refractivity contribution in [2.45, 2.75) is 37.7 Å². The van der Waals surface area contributed by atoms with Gasteiger partial charge in [-0.25, -0.2) is 0 Å². The Bertz CT molecular complexity index is 812. The van der Waals surface area contributed by atoms with Crippen molar-refractivity contribution in [1.82, 2.24) is 9.88 Å². The molecule has 2 bridgehead atoms. The molecule has 4 aliphatic rings. The molecule has 5 atom stereocenters. The predicted molar refractivity (Wildman–Crippen MR) is 106 cm³/mol. The SMILES string of the molecule is COC1(c2ccnc(C(N)=O)c2)C2CCCC1CN(CC1C[C@H]3C#C[C@H]3C1)C2. The summed E-state index contributed by atoms with van der Waals surface area (Å²) in [6, 6.07) is 3.88.